The van der Waals surface area contributed by atoms with E-state index in [0.29, 0.717) is 33.0 Å². The summed E-state index contributed by atoms with van der Waals surface area (Å²) in [4.78, 5) is 56.1. The molecule has 2 aromatic heterocycles. The van der Waals surface area contributed by atoms with Crippen molar-refractivity contribution < 1.29 is 78.7 Å². The summed E-state index contributed by atoms with van der Waals surface area (Å²) >= 11 is 0. The molecule has 0 radical (unpaired) electrons. The van der Waals surface area contributed by atoms with Crippen molar-refractivity contribution in [1.82, 2.24) is 9.80 Å². The molecule has 2 aliphatic heterocycles. The first-order valence-corrected chi connectivity index (χ1v) is 17.6. The number of carbonyl (C=O) groups is 4. The first kappa shape index (κ1) is 38.1. The van der Waals surface area contributed by atoms with E-state index in [-0.39, 0.29) is 13.1 Å². The van der Waals surface area contributed by atoms with Crippen LogP contribution in [0, 0.1) is 0 Å². The predicted octanol–water partition coefficient (Wildman–Crippen LogP) is 8.85. The summed E-state index contributed by atoms with van der Waals surface area (Å²) in [5, 5.41) is 0.757. The summed E-state index contributed by atoms with van der Waals surface area (Å²) in [5.41, 5.74) is 2.90. The molecule has 272 valence electrons. The molecule has 4 aromatic rings. The van der Waals surface area contributed by atoms with E-state index in [9.17, 15) is 69.5 Å². The van der Waals surface area contributed by atoms with Gasteiger partial charge in [0.2, 0.25) is 0 Å². The van der Waals surface area contributed by atoms with Crippen LogP contribution >= 0.6 is 15.6 Å². The van der Waals surface area contributed by atoms with Gasteiger partial charge in [0.25, 0.3) is 23.6 Å². The van der Waals surface area contributed by atoms with E-state index in [4.69, 9.17) is 0 Å². The monoisotopic (exact) mass is 768 g/mol. The Kier molecular flexibility index (Phi) is 8.31. The molecule has 2 aromatic carbocycles. The summed E-state index contributed by atoms with van der Waals surface area (Å²) < 4.78 is 122. The van der Waals surface area contributed by atoms with E-state index in [1.54, 1.807) is 24.3 Å². The van der Waals surface area contributed by atoms with Gasteiger partial charge >= 0.3 is 66.0 Å². The first-order valence-electron chi connectivity index (χ1n) is 13.6. The Morgan fingerprint density at radius 3 is 0.840 bits per heavy atom. The van der Waals surface area contributed by atoms with Gasteiger partial charge < -0.3 is 0 Å². The summed E-state index contributed by atoms with van der Waals surface area (Å²) in [6.45, 7) is 0.257. The van der Waals surface area contributed by atoms with Crippen LogP contribution in [-0.2, 0) is 27.2 Å². The van der Waals surface area contributed by atoms with Gasteiger partial charge in [-0.2, -0.15) is 0 Å². The van der Waals surface area contributed by atoms with E-state index >= 15 is 0 Å². The number of hydrogen-bond acceptors (Lipinski definition) is 4. The average molecular weight is 768 g/mol. The van der Waals surface area contributed by atoms with Crippen molar-refractivity contribution >= 4 is 50.0 Å². The standard InChI is InChI=1S/C28H22N4O4.2F6P/c1-29-11-7-17(8-12-29)15-31-25(33)19-3-5-21-24-22(6-4-20(23(19)24)26(31)34)28(36)32(27(21)35)16-18-9-13-30(2)14-10-18;2*1-7(2,3,4,5)6/h3-14H,15-16H2,1-2H3;;/q+2;2*-1. The molecule has 4 heterocycles. The third-order valence-electron chi connectivity index (χ3n) is 6.84. The molecule has 6 rings (SSSR count). The van der Waals surface area contributed by atoms with Gasteiger partial charge in [-0.3, -0.25) is 29.0 Å². The molecular weight excluding hydrogens is 746 g/mol. The second-order valence-electron chi connectivity index (χ2n) is 11.1. The molecule has 0 fully saturated rings. The van der Waals surface area contributed by atoms with Crippen molar-refractivity contribution in [3.63, 3.8) is 0 Å². The number of halogens is 12. The van der Waals surface area contributed by atoms with Crippen LogP contribution < -0.4 is 9.13 Å². The van der Waals surface area contributed by atoms with E-state index in [1.807, 2.05) is 72.3 Å². The first-order chi connectivity index (χ1) is 22.2. The Bertz CT molecular complexity index is 1850. The SMILES string of the molecule is C[n+]1ccc(CN2C(=O)c3ccc4c5c(ccc(c35)C2=O)C(=O)N(Cc2cc[n+](C)cc2)C4=O)cc1.F[P-](F)(F)(F)(F)F.F[P-](F)(F)(F)(F)F. The molecule has 0 spiro atoms. The molecule has 8 nitrogen and oxygen atoms in total. The fourth-order valence-corrected chi connectivity index (χ4v) is 4.90. The number of hydrogen-bond donors (Lipinski definition) is 0. The van der Waals surface area contributed by atoms with Crippen LogP contribution in [0.3, 0.4) is 0 Å². The number of carbonyl (C=O) groups excluding carboxylic acids is 4. The maximum atomic E-state index is 13.4. The molecule has 22 heteroatoms. The van der Waals surface area contributed by atoms with Crippen molar-refractivity contribution in [2.24, 2.45) is 14.1 Å². The molecule has 0 aliphatic carbocycles. The Balaban J connectivity index is 0.000000340. The summed E-state index contributed by atoms with van der Waals surface area (Å²) in [6.07, 6.45) is 7.41. The zero-order valence-corrected chi connectivity index (χ0v) is 27.0. The maximum absolute atomic E-state index is 13.4. The second-order valence-corrected chi connectivity index (χ2v) is 15.0. The summed E-state index contributed by atoms with van der Waals surface area (Å²) in [6, 6.07) is 13.8. The molecular formula is C28H22F12N4O4P2. The van der Waals surface area contributed by atoms with Crippen LogP contribution in [0.2, 0.25) is 0 Å². The van der Waals surface area contributed by atoms with Crippen LogP contribution in [0.15, 0.2) is 73.3 Å². The Labute approximate surface area is 272 Å². The van der Waals surface area contributed by atoms with Crippen LogP contribution in [0.4, 0.5) is 50.4 Å². The Hall–Kier alpha value is -4.70. The number of benzene rings is 2. The summed E-state index contributed by atoms with van der Waals surface area (Å²) in [7, 11) is -17.5. The van der Waals surface area contributed by atoms with Gasteiger partial charge in [-0.25, -0.2) is 9.13 Å². The van der Waals surface area contributed by atoms with Gasteiger partial charge in [-0.05, 0) is 35.4 Å². The van der Waals surface area contributed by atoms with Gasteiger partial charge in [-0.1, -0.05) is 0 Å². The average Bonchev–Trinajstić information content (AvgIpc) is 2.93. The number of aryl methyl sites for hydroxylation is 2. The fraction of sp³-hybridized carbons (Fsp3) is 0.143. The number of aromatic nitrogens is 2. The second kappa shape index (κ2) is 10.9. The van der Waals surface area contributed by atoms with E-state index in [1.165, 1.54) is 9.80 Å². The number of imide groups is 2. The number of amides is 4. The molecule has 0 saturated heterocycles. The normalized spacial score (nSPS) is 17.1. The zero-order chi connectivity index (χ0) is 38.0. The van der Waals surface area contributed by atoms with Crippen molar-refractivity contribution in [1.29, 1.82) is 0 Å². The van der Waals surface area contributed by atoms with Gasteiger partial charge in [0, 0.05) is 57.3 Å². The number of pyridine rings is 2. The van der Waals surface area contributed by atoms with Crippen molar-refractivity contribution in [2.75, 3.05) is 0 Å². The molecule has 0 bridgehead atoms. The van der Waals surface area contributed by atoms with E-state index in [2.05, 4.69) is 0 Å². The van der Waals surface area contributed by atoms with Crippen molar-refractivity contribution in [3.8, 4) is 0 Å². The predicted molar refractivity (Wildman–Crippen MR) is 155 cm³/mol. The fourth-order valence-electron chi connectivity index (χ4n) is 4.90. The van der Waals surface area contributed by atoms with Crippen LogP contribution in [0.5, 0.6) is 0 Å². The van der Waals surface area contributed by atoms with Crippen LogP contribution in [0.1, 0.15) is 52.6 Å². The number of nitrogens with zero attached hydrogens (tertiary/aromatic N) is 4. The van der Waals surface area contributed by atoms with Gasteiger partial charge in [-0.15, -0.1) is 0 Å². The molecule has 0 unspecified atom stereocenters. The van der Waals surface area contributed by atoms with Gasteiger partial charge in [0.05, 0.1) is 13.1 Å². The number of rotatable bonds is 4. The zero-order valence-electron chi connectivity index (χ0n) is 25.2. The van der Waals surface area contributed by atoms with Gasteiger partial charge in [0.15, 0.2) is 24.8 Å². The molecule has 0 saturated carbocycles. The van der Waals surface area contributed by atoms with Crippen molar-refractivity contribution in [2.45, 2.75) is 13.1 Å². The quantitative estimate of drug-likeness (QED) is 0.0900. The molecule has 4 amide bonds. The Morgan fingerprint density at radius 1 is 0.440 bits per heavy atom. The third kappa shape index (κ3) is 10.6. The Morgan fingerprint density at radius 2 is 0.640 bits per heavy atom. The molecule has 0 atom stereocenters. The van der Waals surface area contributed by atoms with Crippen LogP contribution in [-0.4, -0.2) is 33.4 Å². The van der Waals surface area contributed by atoms with E-state index < -0.39 is 39.2 Å². The van der Waals surface area contributed by atoms with E-state index in [0.717, 1.165) is 11.1 Å². The minimum absolute atomic E-state index is 0.128. The molecule has 0 N–H and O–H groups in total. The van der Waals surface area contributed by atoms with Gasteiger partial charge in [0.1, 0.15) is 14.1 Å². The molecule has 2 aliphatic rings. The van der Waals surface area contributed by atoms with Crippen LogP contribution in [0.25, 0.3) is 10.8 Å². The summed E-state index contributed by atoms with van der Waals surface area (Å²) in [5.74, 6) is -1.76. The third-order valence-corrected chi connectivity index (χ3v) is 6.84. The molecule has 50 heavy (non-hydrogen) atoms. The van der Waals surface area contributed by atoms with Crippen molar-refractivity contribution in [3.05, 3.63) is 107 Å². The topological polar surface area (TPSA) is 82.5 Å². The minimum atomic E-state index is -10.7.